The van der Waals surface area contributed by atoms with E-state index in [0.717, 1.165) is 12.8 Å². The zero-order valence-corrected chi connectivity index (χ0v) is 10.1. The first kappa shape index (κ1) is 13.1. The molecule has 0 fully saturated rings. The minimum absolute atomic E-state index is 0.306. The third-order valence-corrected chi connectivity index (χ3v) is 3.51. The predicted molar refractivity (Wildman–Crippen MR) is 63.2 cm³/mol. The third-order valence-electron chi connectivity index (χ3n) is 2.08. The van der Waals surface area contributed by atoms with Crippen molar-refractivity contribution < 1.29 is 13.3 Å². The monoisotopic (exact) mass is 245 g/mol. The van der Waals surface area contributed by atoms with Crippen LogP contribution in [-0.2, 0) is 15.5 Å². The van der Waals surface area contributed by atoms with Crippen LogP contribution in [0.1, 0.15) is 12.8 Å². The van der Waals surface area contributed by atoms with Crippen molar-refractivity contribution in [2.24, 2.45) is 0 Å². The first-order valence-corrected chi connectivity index (χ1v) is 6.39. The highest BCUT2D eigenvalue weighted by molar-refractivity contribution is 7.85. The van der Waals surface area contributed by atoms with Crippen LogP contribution in [-0.4, -0.2) is 23.7 Å². The Hall–Kier alpha value is -0.940. The van der Waals surface area contributed by atoms with Crippen LogP contribution in [0.4, 0.5) is 10.1 Å². The molecule has 0 heterocycles. The zero-order chi connectivity index (χ0) is 12.0. The Kier molecular flexibility index (Phi) is 5.42. The molecule has 0 aromatic heterocycles. The number of benzene rings is 1. The van der Waals surface area contributed by atoms with Gasteiger partial charge in [-0.3, -0.25) is 4.21 Å². The van der Waals surface area contributed by atoms with E-state index < -0.39 is 16.6 Å². The van der Waals surface area contributed by atoms with Crippen LogP contribution in [0.5, 0.6) is 0 Å². The van der Waals surface area contributed by atoms with Crippen LogP contribution in [0, 0.1) is 5.82 Å². The van der Waals surface area contributed by atoms with E-state index >= 15 is 0 Å². The second-order valence-electron chi connectivity index (χ2n) is 3.47. The van der Waals surface area contributed by atoms with Gasteiger partial charge in [0.15, 0.2) is 0 Å². The minimum Gasteiger partial charge on any atom is -0.399 e. The largest absolute Gasteiger partial charge is 0.399 e. The molecule has 90 valence electrons. The van der Waals surface area contributed by atoms with Gasteiger partial charge in [-0.1, -0.05) is 0 Å². The van der Waals surface area contributed by atoms with Crippen molar-refractivity contribution in [3.8, 4) is 0 Å². The highest BCUT2D eigenvalue weighted by atomic mass is 32.2. The maximum absolute atomic E-state index is 13.0. The van der Waals surface area contributed by atoms with Gasteiger partial charge in [-0.25, -0.2) is 4.39 Å². The normalized spacial score (nSPS) is 12.6. The number of rotatable bonds is 6. The molecule has 1 aromatic rings. The van der Waals surface area contributed by atoms with E-state index in [1.165, 1.54) is 12.1 Å². The second kappa shape index (κ2) is 6.60. The van der Waals surface area contributed by atoms with Gasteiger partial charge in [0.1, 0.15) is 5.82 Å². The van der Waals surface area contributed by atoms with Crippen molar-refractivity contribution in [3.05, 3.63) is 24.0 Å². The van der Waals surface area contributed by atoms with E-state index in [2.05, 4.69) is 0 Å². The zero-order valence-electron chi connectivity index (χ0n) is 9.24. The van der Waals surface area contributed by atoms with Gasteiger partial charge in [-0.05, 0) is 31.0 Å². The summed E-state index contributed by atoms with van der Waals surface area (Å²) in [6.07, 6.45) is 1.64. The summed E-state index contributed by atoms with van der Waals surface area (Å²) in [6.45, 7) is 0.655. The molecule has 2 N–H and O–H groups in total. The summed E-state index contributed by atoms with van der Waals surface area (Å²) < 4.78 is 29.6. The standard InChI is InChI=1S/C11H16FNO2S/c1-15-4-2-3-5-16(14)11-7-9(12)6-10(13)8-11/h6-8H,2-5,13H2,1H3. The molecule has 0 aliphatic carbocycles. The molecule has 0 spiro atoms. The van der Waals surface area contributed by atoms with Gasteiger partial charge in [0, 0.05) is 30.1 Å². The smallest absolute Gasteiger partial charge is 0.126 e. The summed E-state index contributed by atoms with van der Waals surface area (Å²) >= 11 is 0. The fourth-order valence-electron chi connectivity index (χ4n) is 1.31. The molecule has 0 saturated heterocycles. The van der Waals surface area contributed by atoms with Gasteiger partial charge >= 0.3 is 0 Å². The highest BCUT2D eigenvalue weighted by Crippen LogP contribution is 2.15. The SMILES string of the molecule is COCCCCS(=O)c1cc(N)cc(F)c1. The first-order chi connectivity index (χ1) is 7.63. The number of anilines is 1. The number of ether oxygens (including phenoxy) is 1. The average Bonchev–Trinajstić information content (AvgIpc) is 2.22. The quantitative estimate of drug-likeness (QED) is 0.615. The lowest BCUT2D eigenvalue weighted by Gasteiger charge is -2.04. The highest BCUT2D eigenvalue weighted by Gasteiger charge is 2.06. The Balaban J connectivity index is 2.52. The van der Waals surface area contributed by atoms with Crippen molar-refractivity contribution in [3.63, 3.8) is 0 Å². The predicted octanol–water partition coefficient (Wildman–Crippen LogP) is 1.94. The van der Waals surface area contributed by atoms with Crippen LogP contribution >= 0.6 is 0 Å². The van der Waals surface area contributed by atoms with Gasteiger partial charge in [0.2, 0.25) is 0 Å². The summed E-state index contributed by atoms with van der Waals surface area (Å²) in [4.78, 5) is 0.454. The molecule has 3 nitrogen and oxygen atoms in total. The van der Waals surface area contributed by atoms with E-state index in [1.54, 1.807) is 13.2 Å². The molecule has 1 rings (SSSR count). The van der Waals surface area contributed by atoms with Crippen molar-refractivity contribution in [2.45, 2.75) is 17.7 Å². The molecule has 1 atom stereocenters. The lowest BCUT2D eigenvalue weighted by atomic mass is 10.3. The van der Waals surface area contributed by atoms with Crippen LogP contribution in [0.15, 0.2) is 23.1 Å². The molecular weight excluding hydrogens is 229 g/mol. The summed E-state index contributed by atoms with van der Waals surface area (Å²) in [6, 6.07) is 4.03. The van der Waals surface area contributed by atoms with E-state index in [9.17, 15) is 8.60 Å². The summed E-state index contributed by atoms with van der Waals surface area (Å²) in [5.41, 5.74) is 5.78. The van der Waals surface area contributed by atoms with E-state index in [4.69, 9.17) is 10.5 Å². The van der Waals surface area contributed by atoms with Crippen molar-refractivity contribution >= 4 is 16.5 Å². The van der Waals surface area contributed by atoms with E-state index in [1.807, 2.05) is 0 Å². The van der Waals surface area contributed by atoms with Gasteiger partial charge in [-0.15, -0.1) is 0 Å². The van der Waals surface area contributed by atoms with Gasteiger partial charge in [-0.2, -0.15) is 0 Å². The molecule has 1 aromatic carbocycles. The Bertz CT molecular complexity index is 351. The molecule has 16 heavy (non-hydrogen) atoms. The Labute approximate surface area is 97.2 Å². The fourth-order valence-corrected chi connectivity index (χ4v) is 2.53. The molecule has 5 heteroatoms. The maximum atomic E-state index is 13.0. The number of nitrogens with two attached hydrogens (primary N) is 1. The molecule has 0 aliphatic heterocycles. The number of nitrogen functional groups attached to an aromatic ring is 1. The number of methoxy groups -OCH3 is 1. The molecule has 0 aliphatic rings. The van der Waals surface area contributed by atoms with E-state index in [0.29, 0.717) is 22.9 Å². The van der Waals surface area contributed by atoms with Crippen molar-refractivity contribution in [2.75, 3.05) is 25.2 Å². The molecule has 0 bridgehead atoms. The molecule has 0 saturated carbocycles. The fraction of sp³-hybridized carbons (Fsp3) is 0.455. The van der Waals surface area contributed by atoms with Crippen LogP contribution < -0.4 is 5.73 Å². The topological polar surface area (TPSA) is 52.3 Å². The van der Waals surface area contributed by atoms with Crippen molar-refractivity contribution in [1.29, 1.82) is 0 Å². The second-order valence-corrected chi connectivity index (χ2v) is 5.04. The number of unbranched alkanes of at least 4 members (excludes halogenated alkanes) is 1. The van der Waals surface area contributed by atoms with Crippen molar-refractivity contribution in [1.82, 2.24) is 0 Å². The van der Waals surface area contributed by atoms with Gasteiger partial charge in [0.05, 0.1) is 10.8 Å². The maximum Gasteiger partial charge on any atom is 0.126 e. The number of halogens is 1. The lowest BCUT2D eigenvalue weighted by Crippen LogP contribution is -2.01. The summed E-state index contributed by atoms with van der Waals surface area (Å²) in [5, 5.41) is 0. The molecule has 0 amide bonds. The number of hydrogen-bond donors (Lipinski definition) is 1. The lowest BCUT2D eigenvalue weighted by molar-refractivity contribution is 0.194. The minimum atomic E-state index is -1.18. The number of hydrogen-bond acceptors (Lipinski definition) is 3. The van der Waals surface area contributed by atoms with Gasteiger partial charge in [0.25, 0.3) is 0 Å². The first-order valence-electron chi connectivity index (χ1n) is 5.07. The van der Waals surface area contributed by atoms with Crippen LogP contribution in [0.2, 0.25) is 0 Å². The van der Waals surface area contributed by atoms with E-state index in [-0.39, 0.29) is 0 Å². The average molecular weight is 245 g/mol. The molecule has 1 unspecified atom stereocenters. The Morgan fingerprint density at radius 1 is 1.38 bits per heavy atom. The third kappa shape index (κ3) is 4.28. The van der Waals surface area contributed by atoms with Crippen LogP contribution in [0.25, 0.3) is 0 Å². The van der Waals surface area contributed by atoms with Gasteiger partial charge < -0.3 is 10.5 Å². The van der Waals surface area contributed by atoms with Crippen LogP contribution in [0.3, 0.4) is 0 Å². The molecule has 0 radical (unpaired) electrons. The Morgan fingerprint density at radius 2 is 2.12 bits per heavy atom. The summed E-state index contributed by atoms with van der Waals surface area (Å²) in [5.74, 6) is 0.0620. The summed E-state index contributed by atoms with van der Waals surface area (Å²) in [7, 11) is 0.446. The molecular formula is C11H16FNO2S. The Morgan fingerprint density at radius 3 is 2.75 bits per heavy atom.